The fourth-order valence-corrected chi connectivity index (χ4v) is 5.88. The van der Waals surface area contributed by atoms with Crippen molar-refractivity contribution in [3.05, 3.63) is 58.9 Å². The van der Waals surface area contributed by atoms with Gasteiger partial charge in [0.15, 0.2) is 0 Å². The van der Waals surface area contributed by atoms with E-state index in [1.807, 2.05) is 0 Å². The van der Waals surface area contributed by atoms with Crippen molar-refractivity contribution in [3.63, 3.8) is 0 Å². The lowest BCUT2D eigenvalue weighted by Gasteiger charge is -2.29. The van der Waals surface area contributed by atoms with Crippen LogP contribution in [0, 0.1) is 17.5 Å². The van der Waals surface area contributed by atoms with E-state index in [0.717, 1.165) is 12.1 Å². The van der Waals surface area contributed by atoms with E-state index in [1.54, 1.807) is 17.0 Å². The molecule has 4 rings (SSSR count). The highest BCUT2D eigenvalue weighted by Gasteiger charge is 2.39. The molecule has 2 aromatic rings. The third-order valence-corrected chi connectivity index (χ3v) is 8.28. The summed E-state index contributed by atoms with van der Waals surface area (Å²) in [4.78, 5) is 14.5. The summed E-state index contributed by atoms with van der Waals surface area (Å²) >= 11 is 0. The van der Waals surface area contributed by atoms with E-state index < -0.39 is 39.6 Å². The second-order valence-electron chi connectivity index (χ2n) is 9.12. The predicted octanol–water partition coefficient (Wildman–Crippen LogP) is 4.13. The quantitative estimate of drug-likeness (QED) is 0.653. The first kappa shape index (κ1) is 25.5. The van der Waals surface area contributed by atoms with Gasteiger partial charge in [0.1, 0.15) is 17.5 Å². The molecule has 0 radical (unpaired) electrons. The van der Waals surface area contributed by atoms with Crippen LogP contribution in [0.5, 0.6) is 0 Å². The Bertz CT molecular complexity index is 1210. The van der Waals surface area contributed by atoms with Gasteiger partial charge in [-0.3, -0.25) is 0 Å². The molecule has 0 aromatic heterocycles. The minimum absolute atomic E-state index is 0.0527. The van der Waals surface area contributed by atoms with Gasteiger partial charge in [0, 0.05) is 30.8 Å². The summed E-state index contributed by atoms with van der Waals surface area (Å²) in [5.41, 5.74) is 0.777. The first-order valence-corrected chi connectivity index (χ1v) is 13.7. The Morgan fingerprint density at radius 1 is 1.11 bits per heavy atom. The molecule has 2 aliphatic heterocycles. The first-order chi connectivity index (χ1) is 16.7. The molecule has 35 heavy (non-hydrogen) atoms. The number of hydrogen-bond donors (Lipinski definition) is 2. The molecular weight excluding hydrogens is 479 g/mol. The number of carbonyl (C=O) groups is 1. The van der Waals surface area contributed by atoms with Crippen molar-refractivity contribution in [2.45, 2.75) is 57.5 Å². The first-order valence-electron chi connectivity index (χ1n) is 12.0. The average molecular weight is 510 g/mol. The maximum Gasteiger partial charge on any atom is 0.317 e. The van der Waals surface area contributed by atoms with Gasteiger partial charge in [-0.1, -0.05) is 24.6 Å². The summed E-state index contributed by atoms with van der Waals surface area (Å²) in [6.45, 7) is 2.26. The molecule has 2 unspecified atom stereocenters. The molecule has 10 heteroatoms. The summed E-state index contributed by atoms with van der Waals surface area (Å²) in [6.07, 6.45) is 2.72. The lowest BCUT2D eigenvalue weighted by molar-refractivity contribution is 0.188. The second kappa shape index (κ2) is 10.6. The highest BCUT2D eigenvalue weighted by molar-refractivity contribution is 7.89. The zero-order valence-corrected chi connectivity index (χ0v) is 20.4. The van der Waals surface area contributed by atoms with Crippen LogP contribution in [0.15, 0.2) is 30.3 Å². The molecule has 2 bridgehead atoms. The molecule has 2 amide bonds. The molecular formula is C25H30F3N3O3S. The van der Waals surface area contributed by atoms with Crippen molar-refractivity contribution in [2.75, 3.05) is 18.8 Å². The van der Waals surface area contributed by atoms with Crippen LogP contribution in [0.25, 0.3) is 11.1 Å². The van der Waals surface area contributed by atoms with Crippen molar-refractivity contribution in [1.29, 1.82) is 0 Å². The molecule has 2 aromatic carbocycles. The molecule has 2 atom stereocenters. The molecule has 0 aliphatic carbocycles. The number of benzene rings is 2. The minimum Gasteiger partial charge on any atom is -0.338 e. The highest BCUT2D eigenvalue weighted by atomic mass is 32.2. The van der Waals surface area contributed by atoms with Gasteiger partial charge in [-0.25, -0.2) is 31.1 Å². The van der Waals surface area contributed by atoms with E-state index >= 15 is 4.39 Å². The molecule has 6 nitrogen and oxygen atoms in total. The number of rotatable bonds is 3. The van der Waals surface area contributed by atoms with Crippen molar-refractivity contribution in [3.8, 4) is 11.1 Å². The van der Waals surface area contributed by atoms with Crippen LogP contribution in [-0.2, 0) is 22.9 Å². The van der Waals surface area contributed by atoms with Crippen LogP contribution in [0.2, 0.25) is 0 Å². The monoisotopic (exact) mass is 509 g/mol. The van der Waals surface area contributed by atoms with Crippen molar-refractivity contribution < 1.29 is 26.4 Å². The SMILES string of the molecule is CCS(=O)(=O)NC1CCN2C(=O)NCCCCCc3c(F)cc(F)cc3-c3cccc(c3F)CC12. The summed E-state index contributed by atoms with van der Waals surface area (Å²) < 4.78 is 71.9. The number of hydrogen-bond acceptors (Lipinski definition) is 3. The maximum atomic E-state index is 15.8. The zero-order chi connectivity index (χ0) is 25.2. The molecule has 2 aliphatic rings. The number of urea groups is 1. The maximum absolute atomic E-state index is 15.8. The fraction of sp³-hybridized carbons (Fsp3) is 0.480. The number of amides is 2. The van der Waals surface area contributed by atoms with Gasteiger partial charge in [0.05, 0.1) is 11.8 Å². The van der Waals surface area contributed by atoms with Gasteiger partial charge in [-0.15, -0.1) is 0 Å². The second-order valence-corrected chi connectivity index (χ2v) is 11.2. The Balaban J connectivity index is 1.78. The van der Waals surface area contributed by atoms with Crippen LogP contribution < -0.4 is 10.0 Å². The lowest BCUT2D eigenvalue weighted by Crippen LogP contribution is -2.50. The van der Waals surface area contributed by atoms with Crippen LogP contribution in [0.1, 0.15) is 43.7 Å². The standard InChI is InChI=1S/C25H30F3N3O3S/c1-2-35(33,34)30-22-10-12-31-23(22)13-16-7-6-9-19(24(16)28)20-14-17(26)15-21(27)18(20)8-4-3-5-11-29-25(31)32/h6-7,9,14-15,22-23,30H,2-5,8,10-13H2,1H3,(H,29,32). The van der Waals surface area contributed by atoms with E-state index in [-0.39, 0.29) is 40.5 Å². The molecule has 2 heterocycles. The Kier molecular flexibility index (Phi) is 7.70. The minimum atomic E-state index is -3.55. The van der Waals surface area contributed by atoms with Crippen molar-refractivity contribution in [2.24, 2.45) is 0 Å². The van der Waals surface area contributed by atoms with Gasteiger partial charge >= 0.3 is 6.03 Å². The number of carbonyl (C=O) groups excluding carboxylic acids is 1. The highest BCUT2D eigenvalue weighted by Crippen LogP contribution is 2.33. The van der Waals surface area contributed by atoms with Crippen LogP contribution >= 0.6 is 0 Å². The van der Waals surface area contributed by atoms with Gasteiger partial charge in [-0.05, 0) is 61.8 Å². The number of nitrogens with one attached hydrogen (secondary N) is 2. The van der Waals surface area contributed by atoms with Gasteiger partial charge in [0.2, 0.25) is 10.0 Å². The fourth-order valence-electron chi connectivity index (χ4n) is 4.98. The number of sulfonamides is 1. The van der Waals surface area contributed by atoms with Crippen LogP contribution in [0.4, 0.5) is 18.0 Å². The average Bonchev–Trinajstić information content (AvgIpc) is 3.19. The summed E-state index contributed by atoms with van der Waals surface area (Å²) in [6, 6.07) is 5.12. The van der Waals surface area contributed by atoms with Gasteiger partial charge in [-0.2, -0.15) is 0 Å². The summed E-state index contributed by atoms with van der Waals surface area (Å²) in [7, 11) is -3.55. The summed E-state index contributed by atoms with van der Waals surface area (Å²) in [5.74, 6) is -2.23. The van der Waals surface area contributed by atoms with E-state index in [4.69, 9.17) is 0 Å². The predicted molar refractivity (Wildman–Crippen MR) is 128 cm³/mol. The number of halogens is 3. The zero-order valence-electron chi connectivity index (χ0n) is 19.6. The molecule has 0 spiro atoms. The third-order valence-electron chi connectivity index (χ3n) is 6.86. The Morgan fingerprint density at radius 2 is 1.91 bits per heavy atom. The normalized spacial score (nSPS) is 21.5. The Labute approximate surface area is 203 Å². The smallest absolute Gasteiger partial charge is 0.317 e. The van der Waals surface area contributed by atoms with E-state index in [2.05, 4.69) is 10.0 Å². The molecule has 0 saturated carbocycles. The molecule has 1 fully saturated rings. The van der Waals surface area contributed by atoms with Crippen molar-refractivity contribution in [1.82, 2.24) is 14.9 Å². The lowest BCUT2D eigenvalue weighted by atomic mass is 9.92. The number of fused-ring (bicyclic) bond motifs is 5. The Hall–Kier alpha value is -2.59. The third kappa shape index (κ3) is 5.64. The molecule has 1 saturated heterocycles. The van der Waals surface area contributed by atoms with Crippen LogP contribution in [0.3, 0.4) is 0 Å². The van der Waals surface area contributed by atoms with Gasteiger partial charge < -0.3 is 10.2 Å². The topological polar surface area (TPSA) is 78.5 Å². The largest absolute Gasteiger partial charge is 0.338 e. The van der Waals surface area contributed by atoms with Crippen molar-refractivity contribution >= 4 is 16.1 Å². The Morgan fingerprint density at radius 3 is 2.69 bits per heavy atom. The van der Waals surface area contributed by atoms with E-state index in [9.17, 15) is 22.0 Å². The van der Waals surface area contributed by atoms with Gasteiger partial charge in [0.25, 0.3) is 0 Å². The number of nitrogens with zero attached hydrogens (tertiary/aromatic N) is 1. The van der Waals surface area contributed by atoms with Crippen LogP contribution in [-0.4, -0.2) is 50.3 Å². The van der Waals surface area contributed by atoms with E-state index in [1.165, 1.54) is 13.0 Å². The van der Waals surface area contributed by atoms with E-state index in [0.29, 0.717) is 45.2 Å². The molecule has 2 N–H and O–H groups in total. The summed E-state index contributed by atoms with van der Waals surface area (Å²) in [5, 5.41) is 2.87. The molecule has 190 valence electrons.